The van der Waals surface area contributed by atoms with E-state index in [2.05, 4.69) is 5.32 Å². The maximum Gasteiger partial charge on any atom is 0.302 e. The molecule has 1 aliphatic heterocycles. The Morgan fingerprint density at radius 2 is 1.76 bits per heavy atom. The molecule has 0 aliphatic carbocycles. The number of thiocarbonyl (C=S) groups is 1. The summed E-state index contributed by atoms with van der Waals surface area (Å²) in [6.07, 6.45) is 0. The van der Waals surface area contributed by atoms with Crippen molar-refractivity contribution in [1.82, 2.24) is 15.1 Å². The number of rotatable bonds is 1. The molecule has 7 heteroatoms. The number of Topliss-reactive ketones (excluding diaryl/α,β-unsaturated/α-hetero) is 1. The molecule has 0 aromatic rings. The van der Waals surface area contributed by atoms with Crippen LogP contribution in [0.25, 0.3) is 0 Å². The van der Waals surface area contributed by atoms with Crippen LogP contribution in [0.3, 0.4) is 0 Å². The highest BCUT2D eigenvalue weighted by Gasteiger charge is 2.53. The second-order valence-electron chi connectivity index (χ2n) is 5.08. The topological polar surface area (TPSA) is 72.9 Å². The van der Waals surface area contributed by atoms with E-state index in [-0.39, 0.29) is 5.11 Å². The second-order valence-corrected chi connectivity index (χ2v) is 5.45. The average Bonchev–Trinajstić information content (AvgIpc) is 2.19. The first-order chi connectivity index (χ1) is 7.50. The molecule has 1 fully saturated rings. The Labute approximate surface area is 106 Å². The van der Waals surface area contributed by atoms with Crippen LogP contribution in [0.2, 0.25) is 0 Å². The van der Waals surface area contributed by atoms with E-state index in [1.807, 2.05) is 0 Å². The number of hydrogen-bond acceptors (Lipinski definition) is 5. The predicted molar refractivity (Wildman–Crippen MR) is 66.0 cm³/mol. The minimum atomic E-state index is -2.08. The van der Waals surface area contributed by atoms with E-state index in [0.29, 0.717) is 0 Å². The molecule has 1 saturated heterocycles. The fourth-order valence-corrected chi connectivity index (χ4v) is 1.78. The van der Waals surface area contributed by atoms with E-state index >= 15 is 0 Å². The highest BCUT2D eigenvalue weighted by Crippen LogP contribution is 2.21. The zero-order chi connectivity index (χ0) is 13.6. The molecule has 17 heavy (non-hydrogen) atoms. The highest BCUT2D eigenvalue weighted by atomic mass is 32.1. The number of carbonyl (C=O) groups excluding carboxylic acids is 2. The van der Waals surface area contributed by atoms with Crippen LogP contribution in [0.1, 0.15) is 20.8 Å². The number of likely N-dealkylation sites (N-methyl/N-ethyl adjacent to an activating group) is 2. The molecule has 96 valence electrons. The number of hydrogen-bond donors (Lipinski definition) is 2. The molecule has 1 rings (SSSR count). The van der Waals surface area contributed by atoms with Gasteiger partial charge in [0, 0.05) is 19.6 Å². The quantitative estimate of drug-likeness (QED) is 0.368. The van der Waals surface area contributed by atoms with E-state index in [1.54, 1.807) is 20.8 Å². The Morgan fingerprint density at radius 1 is 1.29 bits per heavy atom. The van der Waals surface area contributed by atoms with Gasteiger partial charge in [-0.2, -0.15) is 0 Å². The minimum absolute atomic E-state index is 0.0915. The standard InChI is InChI=1S/C10H17N3O3S/c1-9(2,3)11-10(16)6(14)7(15)12(4)8(17)13(10)5/h11,16H,1-5H3. The average molecular weight is 259 g/mol. The van der Waals surface area contributed by atoms with Gasteiger partial charge >= 0.3 is 5.91 Å². The number of nitrogens with one attached hydrogen (secondary N) is 1. The van der Waals surface area contributed by atoms with Crippen LogP contribution in [0.15, 0.2) is 0 Å². The largest absolute Gasteiger partial charge is 0.352 e. The normalized spacial score (nSPS) is 26.8. The third kappa shape index (κ3) is 2.31. The maximum absolute atomic E-state index is 11.9. The molecule has 0 aromatic carbocycles. The Hall–Kier alpha value is -1.05. The molecule has 0 aromatic heterocycles. The first kappa shape index (κ1) is 14.0. The predicted octanol–water partition coefficient (Wildman–Crippen LogP) is -0.722. The molecular weight excluding hydrogens is 242 g/mol. The van der Waals surface area contributed by atoms with Gasteiger partial charge in [0.1, 0.15) is 0 Å². The van der Waals surface area contributed by atoms with Crippen molar-refractivity contribution < 1.29 is 14.7 Å². The van der Waals surface area contributed by atoms with Gasteiger partial charge in [-0.15, -0.1) is 0 Å². The van der Waals surface area contributed by atoms with Crippen molar-refractivity contribution in [2.45, 2.75) is 32.2 Å². The zero-order valence-electron chi connectivity index (χ0n) is 10.6. The minimum Gasteiger partial charge on any atom is -0.352 e. The molecule has 6 nitrogen and oxygen atoms in total. The highest BCUT2D eigenvalue weighted by molar-refractivity contribution is 7.80. The summed E-state index contributed by atoms with van der Waals surface area (Å²) in [6, 6.07) is 0. The molecule has 1 amide bonds. The van der Waals surface area contributed by atoms with Gasteiger partial charge in [-0.25, -0.2) is 0 Å². The van der Waals surface area contributed by atoms with Crippen LogP contribution in [-0.4, -0.2) is 57.2 Å². The fourth-order valence-electron chi connectivity index (χ4n) is 1.57. The molecule has 0 bridgehead atoms. The van der Waals surface area contributed by atoms with Crippen molar-refractivity contribution in [3.05, 3.63) is 0 Å². The van der Waals surface area contributed by atoms with E-state index in [9.17, 15) is 14.7 Å². The van der Waals surface area contributed by atoms with Gasteiger partial charge in [0.2, 0.25) is 0 Å². The van der Waals surface area contributed by atoms with Crippen LogP contribution in [0, 0.1) is 0 Å². The molecule has 1 atom stereocenters. The molecule has 0 radical (unpaired) electrons. The molecular formula is C10H17N3O3S. The van der Waals surface area contributed by atoms with E-state index in [4.69, 9.17) is 12.2 Å². The molecule has 0 saturated carbocycles. The number of aliphatic hydroxyl groups is 1. The zero-order valence-corrected chi connectivity index (χ0v) is 11.4. The molecule has 1 heterocycles. The lowest BCUT2D eigenvalue weighted by atomic mass is 10.0. The Balaban J connectivity index is 3.17. The molecule has 0 spiro atoms. The summed E-state index contributed by atoms with van der Waals surface area (Å²) in [6.45, 7) is 5.33. The summed E-state index contributed by atoms with van der Waals surface area (Å²) >= 11 is 5.00. The van der Waals surface area contributed by atoms with Gasteiger partial charge in [0.05, 0.1) is 0 Å². The third-order valence-electron chi connectivity index (χ3n) is 2.42. The summed E-state index contributed by atoms with van der Waals surface area (Å²) in [5, 5.41) is 13.1. The van der Waals surface area contributed by atoms with E-state index in [1.165, 1.54) is 19.0 Å². The van der Waals surface area contributed by atoms with Crippen LogP contribution in [0.4, 0.5) is 0 Å². The van der Waals surface area contributed by atoms with Crippen molar-refractivity contribution in [3.8, 4) is 0 Å². The van der Waals surface area contributed by atoms with Gasteiger partial charge in [0.15, 0.2) is 5.11 Å². The van der Waals surface area contributed by atoms with Crippen molar-refractivity contribution in [1.29, 1.82) is 0 Å². The molecule has 1 unspecified atom stereocenters. The SMILES string of the molecule is CN1C(=O)C(=O)C(O)(NC(C)(C)C)N(C)C1=S. The van der Waals surface area contributed by atoms with Gasteiger partial charge in [-0.3, -0.25) is 19.8 Å². The lowest BCUT2D eigenvalue weighted by Gasteiger charge is -2.46. The van der Waals surface area contributed by atoms with Crippen LogP contribution < -0.4 is 5.32 Å². The summed E-state index contributed by atoms with van der Waals surface area (Å²) < 4.78 is 0. The van der Waals surface area contributed by atoms with Gasteiger partial charge in [0.25, 0.3) is 11.6 Å². The Bertz CT molecular complexity index is 391. The first-order valence-electron chi connectivity index (χ1n) is 5.12. The van der Waals surface area contributed by atoms with E-state index < -0.39 is 23.1 Å². The van der Waals surface area contributed by atoms with Gasteiger partial charge < -0.3 is 10.0 Å². The van der Waals surface area contributed by atoms with E-state index in [0.717, 1.165) is 4.90 Å². The van der Waals surface area contributed by atoms with Gasteiger partial charge in [-0.1, -0.05) is 0 Å². The fraction of sp³-hybridized carbons (Fsp3) is 0.700. The van der Waals surface area contributed by atoms with Gasteiger partial charge in [-0.05, 0) is 33.0 Å². The van der Waals surface area contributed by atoms with Crippen LogP contribution >= 0.6 is 12.2 Å². The molecule has 1 aliphatic rings. The smallest absolute Gasteiger partial charge is 0.302 e. The number of carbonyl (C=O) groups is 2. The van der Waals surface area contributed by atoms with Crippen molar-refractivity contribution in [2.75, 3.05) is 14.1 Å². The van der Waals surface area contributed by atoms with Crippen molar-refractivity contribution >= 4 is 29.0 Å². The van der Waals surface area contributed by atoms with Crippen molar-refractivity contribution in [2.24, 2.45) is 0 Å². The summed E-state index contributed by atoms with van der Waals surface area (Å²) in [5.74, 6) is -3.85. The number of ketones is 1. The lowest BCUT2D eigenvalue weighted by molar-refractivity contribution is -0.175. The second kappa shape index (κ2) is 4.01. The number of amides is 1. The lowest BCUT2D eigenvalue weighted by Crippen LogP contribution is -2.75. The summed E-state index contributed by atoms with van der Waals surface area (Å²) in [4.78, 5) is 25.7. The molecule has 2 N–H and O–H groups in total. The van der Waals surface area contributed by atoms with Crippen LogP contribution in [0.5, 0.6) is 0 Å². The summed E-state index contributed by atoms with van der Waals surface area (Å²) in [7, 11) is 2.86. The van der Waals surface area contributed by atoms with Crippen LogP contribution in [-0.2, 0) is 9.59 Å². The van der Waals surface area contributed by atoms with Crippen molar-refractivity contribution in [3.63, 3.8) is 0 Å². The summed E-state index contributed by atoms with van der Waals surface area (Å²) in [5.41, 5.74) is -0.551. The Morgan fingerprint density at radius 3 is 2.18 bits per heavy atom. The maximum atomic E-state index is 11.9. The Kier molecular flexibility index (Phi) is 3.30. The third-order valence-corrected chi connectivity index (χ3v) is 2.97. The number of nitrogens with zero attached hydrogens (tertiary/aromatic N) is 2. The monoisotopic (exact) mass is 259 g/mol. The first-order valence-corrected chi connectivity index (χ1v) is 5.53.